The summed E-state index contributed by atoms with van der Waals surface area (Å²) in [6.45, 7) is 3.52. The first-order chi connectivity index (χ1) is 9.56. The van der Waals surface area contributed by atoms with Gasteiger partial charge in [0, 0.05) is 11.3 Å². The lowest BCUT2D eigenvalue weighted by molar-refractivity contribution is 0.619. The van der Waals surface area contributed by atoms with E-state index in [9.17, 15) is 4.39 Å². The Morgan fingerprint density at radius 3 is 2.85 bits per heavy atom. The van der Waals surface area contributed by atoms with Crippen LogP contribution in [0.3, 0.4) is 0 Å². The van der Waals surface area contributed by atoms with Crippen LogP contribution in [0.15, 0.2) is 24.5 Å². The predicted molar refractivity (Wildman–Crippen MR) is 74.9 cm³/mol. The molecule has 2 heterocycles. The van der Waals surface area contributed by atoms with Crippen molar-refractivity contribution in [3.05, 3.63) is 46.6 Å². The topological polar surface area (TPSA) is 55.1 Å². The van der Waals surface area contributed by atoms with Gasteiger partial charge in [0.05, 0.1) is 0 Å². The van der Waals surface area contributed by atoms with E-state index in [-0.39, 0.29) is 5.82 Å². The van der Waals surface area contributed by atoms with Crippen molar-refractivity contribution in [2.24, 2.45) is 0 Å². The molecule has 0 fully saturated rings. The van der Waals surface area contributed by atoms with E-state index < -0.39 is 0 Å². The fourth-order valence-electron chi connectivity index (χ4n) is 1.85. The van der Waals surface area contributed by atoms with Crippen LogP contribution in [0, 0.1) is 19.7 Å². The van der Waals surface area contributed by atoms with E-state index in [2.05, 4.69) is 20.4 Å². The van der Waals surface area contributed by atoms with E-state index in [1.165, 1.54) is 16.9 Å². The predicted octanol–water partition coefficient (Wildman–Crippen LogP) is 3.28. The van der Waals surface area contributed by atoms with Gasteiger partial charge in [0.15, 0.2) is 0 Å². The van der Waals surface area contributed by atoms with E-state index in [0.717, 1.165) is 0 Å². The summed E-state index contributed by atoms with van der Waals surface area (Å²) in [4.78, 5) is 8.11. The average molecular weight is 292 g/mol. The number of hydrogen-bond donors (Lipinski definition) is 1. The molecule has 2 aromatic heterocycles. The zero-order valence-corrected chi connectivity index (χ0v) is 11.6. The smallest absolute Gasteiger partial charge is 0.255 e. The second kappa shape index (κ2) is 4.72. The van der Waals surface area contributed by atoms with Crippen molar-refractivity contribution in [3.63, 3.8) is 0 Å². The molecule has 0 amide bonds. The van der Waals surface area contributed by atoms with Crippen LogP contribution in [-0.2, 0) is 0 Å². The largest absolute Gasteiger partial charge is 0.340 e. The van der Waals surface area contributed by atoms with Crippen LogP contribution < -0.4 is 5.32 Å². The first-order valence-corrected chi connectivity index (χ1v) is 6.33. The molecule has 1 N–H and O–H groups in total. The average Bonchev–Trinajstić information content (AvgIpc) is 2.87. The summed E-state index contributed by atoms with van der Waals surface area (Å²) < 4.78 is 15.1. The Morgan fingerprint density at radius 1 is 1.30 bits per heavy atom. The molecule has 3 aromatic rings. The van der Waals surface area contributed by atoms with E-state index >= 15 is 0 Å². The Bertz CT molecular complexity index is 799. The highest BCUT2D eigenvalue weighted by Gasteiger charge is 2.12. The van der Waals surface area contributed by atoms with Gasteiger partial charge in [-0.05, 0) is 31.5 Å². The van der Waals surface area contributed by atoms with Crippen molar-refractivity contribution in [1.82, 2.24) is 19.6 Å². The van der Waals surface area contributed by atoms with Gasteiger partial charge in [0.2, 0.25) is 0 Å². The number of nitrogens with zero attached hydrogens (tertiary/aromatic N) is 4. The van der Waals surface area contributed by atoms with E-state index in [1.807, 2.05) is 6.92 Å². The Balaban J connectivity index is 2.11. The van der Waals surface area contributed by atoms with E-state index in [4.69, 9.17) is 11.6 Å². The van der Waals surface area contributed by atoms with Crippen molar-refractivity contribution in [2.75, 3.05) is 5.32 Å². The van der Waals surface area contributed by atoms with Crippen molar-refractivity contribution in [2.45, 2.75) is 13.8 Å². The van der Waals surface area contributed by atoms with E-state index in [1.54, 1.807) is 19.1 Å². The van der Waals surface area contributed by atoms with E-state index in [0.29, 0.717) is 33.6 Å². The lowest BCUT2D eigenvalue weighted by Gasteiger charge is -2.12. The summed E-state index contributed by atoms with van der Waals surface area (Å²) in [5, 5.41) is 7.52. The van der Waals surface area contributed by atoms with Crippen LogP contribution in [0.1, 0.15) is 11.1 Å². The summed E-state index contributed by atoms with van der Waals surface area (Å²) >= 11 is 6.07. The Kier molecular flexibility index (Phi) is 3.02. The van der Waals surface area contributed by atoms with Gasteiger partial charge >= 0.3 is 0 Å². The van der Waals surface area contributed by atoms with Crippen LogP contribution in [0.5, 0.6) is 0 Å². The van der Waals surface area contributed by atoms with Gasteiger partial charge in [-0.3, -0.25) is 0 Å². The summed E-state index contributed by atoms with van der Waals surface area (Å²) in [6.07, 6.45) is 1.39. The molecular weight excluding hydrogens is 281 g/mol. The molecular formula is C13H11ClFN5. The number of nitrogens with one attached hydrogen (secondary N) is 1. The lowest BCUT2D eigenvalue weighted by Crippen LogP contribution is -2.05. The number of hydrogen-bond acceptors (Lipinski definition) is 4. The molecule has 3 rings (SSSR count). The highest BCUT2D eigenvalue weighted by molar-refractivity contribution is 6.30. The fourth-order valence-corrected chi connectivity index (χ4v) is 2.02. The second-order valence-electron chi connectivity index (χ2n) is 4.44. The molecule has 0 aliphatic carbocycles. The van der Waals surface area contributed by atoms with Crippen LogP contribution in [0.25, 0.3) is 5.78 Å². The molecule has 5 nitrogen and oxygen atoms in total. The summed E-state index contributed by atoms with van der Waals surface area (Å²) in [7, 11) is 0. The number of anilines is 2. The molecule has 0 saturated carbocycles. The van der Waals surface area contributed by atoms with Crippen molar-refractivity contribution in [3.8, 4) is 0 Å². The quantitative estimate of drug-likeness (QED) is 0.736. The zero-order valence-electron chi connectivity index (χ0n) is 10.9. The number of rotatable bonds is 2. The minimum absolute atomic E-state index is 0.275. The van der Waals surface area contributed by atoms with Gasteiger partial charge < -0.3 is 5.32 Å². The molecule has 7 heteroatoms. The highest BCUT2D eigenvalue weighted by atomic mass is 35.5. The second-order valence-corrected chi connectivity index (χ2v) is 4.80. The summed E-state index contributed by atoms with van der Waals surface area (Å²) in [6, 6.07) is 4.91. The highest BCUT2D eigenvalue weighted by Crippen LogP contribution is 2.26. The normalized spacial score (nSPS) is 11.0. The Hall–Kier alpha value is -2.21. The third kappa shape index (κ3) is 2.08. The number of fused-ring (bicyclic) bond motifs is 1. The van der Waals surface area contributed by atoms with Gasteiger partial charge in [-0.1, -0.05) is 17.7 Å². The molecule has 0 spiro atoms. The van der Waals surface area contributed by atoms with Gasteiger partial charge in [-0.25, -0.2) is 4.39 Å². The van der Waals surface area contributed by atoms with Crippen LogP contribution >= 0.6 is 11.6 Å². The minimum Gasteiger partial charge on any atom is -0.340 e. The van der Waals surface area contributed by atoms with Crippen molar-refractivity contribution < 1.29 is 4.39 Å². The molecule has 0 aliphatic heterocycles. The SMILES string of the molecule is Cc1ccc(Nc2c(C)c(Cl)nc3ncnn23)cc1F. The molecule has 0 radical (unpaired) electrons. The lowest BCUT2D eigenvalue weighted by atomic mass is 10.2. The monoisotopic (exact) mass is 291 g/mol. The maximum absolute atomic E-state index is 13.6. The van der Waals surface area contributed by atoms with Crippen LogP contribution in [0.4, 0.5) is 15.9 Å². The van der Waals surface area contributed by atoms with Gasteiger partial charge in [0.1, 0.15) is 23.1 Å². The molecule has 102 valence electrons. The third-order valence-electron chi connectivity index (χ3n) is 3.04. The summed E-state index contributed by atoms with van der Waals surface area (Å²) in [5.41, 5.74) is 1.91. The molecule has 0 unspecified atom stereocenters. The fraction of sp³-hybridized carbons (Fsp3) is 0.154. The zero-order chi connectivity index (χ0) is 14.3. The Morgan fingerprint density at radius 2 is 2.10 bits per heavy atom. The molecule has 0 atom stereocenters. The minimum atomic E-state index is -0.275. The van der Waals surface area contributed by atoms with Crippen molar-refractivity contribution in [1.29, 1.82) is 0 Å². The molecule has 0 aliphatic rings. The standard InChI is InChI=1S/C13H11ClFN5/c1-7-3-4-9(5-10(7)15)18-12-8(2)11(14)19-13-16-6-17-20(12)13/h3-6,18H,1-2H3. The van der Waals surface area contributed by atoms with Crippen LogP contribution in [0.2, 0.25) is 5.15 Å². The number of aromatic nitrogens is 4. The Labute approximate surface area is 119 Å². The van der Waals surface area contributed by atoms with Gasteiger partial charge in [0.25, 0.3) is 5.78 Å². The van der Waals surface area contributed by atoms with Crippen LogP contribution in [-0.4, -0.2) is 19.6 Å². The first kappa shape index (κ1) is 12.8. The molecule has 20 heavy (non-hydrogen) atoms. The maximum Gasteiger partial charge on any atom is 0.255 e. The van der Waals surface area contributed by atoms with Crippen molar-refractivity contribution >= 4 is 28.9 Å². The van der Waals surface area contributed by atoms with Gasteiger partial charge in [-0.2, -0.15) is 19.6 Å². The molecule has 0 saturated heterocycles. The number of benzene rings is 1. The summed E-state index contributed by atoms with van der Waals surface area (Å²) in [5.74, 6) is 0.721. The number of halogens is 2. The first-order valence-electron chi connectivity index (χ1n) is 5.95. The molecule has 1 aromatic carbocycles. The molecule has 0 bridgehead atoms. The third-order valence-corrected chi connectivity index (χ3v) is 3.41. The number of aryl methyl sites for hydroxylation is 1. The maximum atomic E-state index is 13.6. The van der Waals surface area contributed by atoms with Gasteiger partial charge in [-0.15, -0.1) is 0 Å².